The molecule has 0 aromatic heterocycles. The van der Waals surface area contributed by atoms with Crippen molar-refractivity contribution in [2.45, 2.75) is 31.0 Å². The number of carbonyl (C=O) groups excluding carboxylic acids is 1. The fraction of sp³-hybridized carbons (Fsp3) is 0.562. The van der Waals surface area contributed by atoms with E-state index in [1.807, 2.05) is 0 Å². The fourth-order valence-electron chi connectivity index (χ4n) is 3.12. The van der Waals surface area contributed by atoms with Crippen LogP contribution in [0.3, 0.4) is 0 Å². The first-order valence-corrected chi connectivity index (χ1v) is 7.62. The molecule has 4 nitrogen and oxygen atoms in total. The van der Waals surface area contributed by atoms with Gasteiger partial charge in [-0.15, -0.1) is 0 Å². The normalized spacial score (nSPS) is 24.0. The molecular formula is C16H18F3NO3. The quantitative estimate of drug-likeness (QED) is 0.856. The Balaban J connectivity index is 1.83. The molecule has 2 aliphatic heterocycles. The van der Waals surface area contributed by atoms with Crippen molar-refractivity contribution >= 4 is 5.91 Å². The van der Waals surface area contributed by atoms with Crippen molar-refractivity contribution in [2.24, 2.45) is 0 Å². The number of benzene rings is 1. The molecular weight excluding hydrogens is 311 g/mol. The van der Waals surface area contributed by atoms with Crippen LogP contribution in [-0.2, 0) is 9.53 Å². The molecule has 1 saturated heterocycles. The van der Waals surface area contributed by atoms with Crippen LogP contribution >= 0.6 is 0 Å². The van der Waals surface area contributed by atoms with Gasteiger partial charge in [0.25, 0.3) is 0 Å². The molecule has 2 aliphatic rings. The number of para-hydroxylation sites is 1. The van der Waals surface area contributed by atoms with E-state index in [2.05, 4.69) is 0 Å². The molecule has 23 heavy (non-hydrogen) atoms. The van der Waals surface area contributed by atoms with Crippen LogP contribution in [0.15, 0.2) is 24.3 Å². The largest absolute Gasteiger partial charge is 0.492 e. The van der Waals surface area contributed by atoms with Crippen molar-refractivity contribution in [2.75, 3.05) is 26.4 Å². The van der Waals surface area contributed by atoms with Gasteiger partial charge in [0.1, 0.15) is 24.8 Å². The summed E-state index contributed by atoms with van der Waals surface area (Å²) in [6, 6.07) is 6.44. The maximum Gasteiger partial charge on any atom is 0.406 e. The monoisotopic (exact) mass is 329 g/mol. The van der Waals surface area contributed by atoms with Crippen molar-refractivity contribution in [3.8, 4) is 5.75 Å². The molecule has 0 spiro atoms. The second-order valence-corrected chi connectivity index (χ2v) is 5.85. The van der Waals surface area contributed by atoms with E-state index in [-0.39, 0.29) is 13.2 Å². The molecule has 0 N–H and O–H groups in total. The van der Waals surface area contributed by atoms with Gasteiger partial charge in [-0.25, -0.2) is 0 Å². The average Bonchev–Trinajstić information content (AvgIpc) is 2.96. The number of carbonyl (C=O) groups is 1. The summed E-state index contributed by atoms with van der Waals surface area (Å²) in [7, 11) is 0. The molecule has 0 radical (unpaired) electrons. The highest BCUT2D eigenvalue weighted by molar-refractivity contribution is 5.86. The number of ether oxygens (including phenoxy) is 2. The molecule has 0 bridgehead atoms. The first-order valence-electron chi connectivity index (χ1n) is 7.62. The van der Waals surface area contributed by atoms with Gasteiger partial charge < -0.3 is 14.4 Å². The minimum atomic E-state index is -4.44. The molecule has 126 valence electrons. The number of hydrogen-bond donors (Lipinski definition) is 0. The van der Waals surface area contributed by atoms with Crippen LogP contribution in [0.1, 0.15) is 24.3 Å². The van der Waals surface area contributed by atoms with Gasteiger partial charge in [-0.3, -0.25) is 4.79 Å². The molecule has 0 saturated carbocycles. The summed E-state index contributed by atoms with van der Waals surface area (Å²) in [6.45, 7) is -0.490. The van der Waals surface area contributed by atoms with Gasteiger partial charge in [0.2, 0.25) is 5.91 Å². The molecule has 0 aliphatic carbocycles. The van der Waals surface area contributed by atoms with Crippen LogP contribution in [0.2, 0.25) is 0 Å². The van der Waals surface area contributed by atoms with Crippen LogP contribution in [0.4, 0.5) is 13.2 Å². The summed E-state index contributed by atoms with van der Waals surface area (Å²) >= 11 is 0. The van der Waals surface area contributed by atoms with Crippen molar-refractivity contribution in [1.82, 2.24) is 4.90 Å². The zero-order chi connectivity index (χ0) is 16.4. The average molecular weight is 329 g/mol. The Morgan fingerprint density at radius 1 is 1.26 bits per heavy atom. The Morgan fingerprint density at radius 3 is 2.74 bits per heavy atom. The van der Waals surface area contributed by atoms with E-state index >= 15 is 0 Å². The van der Waals surface area contributed by atoms with Gasteiger partial charge in [-0.1, -0.05) is 18.2 Å². The number of hydrogen-bond acceptors (Lipinski definition) is 3. The van der Waals surface area contributed by atoms with Crippen LogP contribution in [-0.4, -0.2) is 49.4 Å². The number of rotatable bonds is 3. The minimum Gasteiger partial charge on any atom is -0.492 e. The molecule has 0 unspecified atom stereocenters. The third kappa shape index (κ3) is 3.60. The summed E-state index contributed by atoms with van der Waals surface area (Å²) in [5.74, 6) is -0.657. The molecule has 2 atom stereocenters. The van der Waals surface area contributed by atoms with Crippen LogP contribution in [0.25, 0.3) is 0 Å². The van der Waals surface area contributed by atoms with Gasteiger partial charge in [0.05, 0.1) is 12.6 Å². The second-order valence-electron chi connectivity index (χ2n) is 5.85. The predicted octanol–water partition coefficient (Wildman–Crippen LogP) is 2.73. The lowest BCUT2D eigenvalue weighted by molar-refractivity contribution is -0.171. The zero-order valence-corrected chi connectivity index (χ0v) is 12.5. The number of nitrogens with zero attached hydrogens (tertiary/aromatic N) is 1. The lowest BCUT2D eigenvalue weighted by atomic mass is 9.98. The van der Waals surface area contributed by atoms with Crippen molar-refractivity contribution in [1.29, 1.82) is 0 Å². The zero-order valence-electron chi connectivity index (χ0n) is 12.5. The topological polar surface area (TPSA) is 38.8 Å². The molecule has 7 heteroatoms. The summed E-state index contributed by atoms with van der Waals surface area (Å²) in [5, 5.41) is 0. The third-order valence-electron chi connectivity index (χ3n) is 4.21. The second kappa shape index (κ2) is 6.39. The minimum absolute atomic E-state index is 0.0834. The highest BCUT2D eigenvalue weighted by Gasteiger charge is 2.41. The van der Waals surface area contributed by atoms with Gasteiger partial charge in [0, 0.05) is 12.2 Å². The smallest absolute Gasteiger partial charge is 0.406 e. The SMILES string of the molecule is O=C([C@@H]1COc2ccccc21)N(CC(F)(F)F)[C@@H]1CCCOC1. The first kappa shape index (κ1) is 16.1. The molecule has 3 rings (SSSR count). The lowest BCUT2D eigenvalue weighted by Crippen LogP contribution is -2.50. The van der Waals surface area contributed by atoms with E-state index < -0.39 is 30.6 Å². The highest BCUT2D eigenvalue weighted by atomic mass is 19.4. The van der Waals surface area contributed by atoms with Crippen LogP contribution in [0, 0.1) is 0 Å². The standard InChI is InChI=1S/C16H18F3NO3/c17-16(18,19)10-20(11-4-3-7-22-8-11)15(21)13-9-23-14-6-2-1-5-12(13)14/h1-2,5-6,11,13H,3-4,7-10H2/t11-,13-/m1/s1. The third-order valence-corrected chi connectivity index (χ3v) is 4.21. The maximum atomic E-state index is 12.9. The van der Waals surface area contributed by atoms with E-state index in [1.54, 1.807) is 24.3 Å². The Labute approximate surface area is 132 Å². The van der Waals surface area contributed by atoms with E-state index in [0.29, 0.717) is 30.8 Å². The van der Waals surface area contributed by atoms with Crippen LogP contribution < -0.4 is 4.74 Å². The molecule has 1 amide bonds. The van der Waals surface area contributed by atoms with Gasteiger partial charge in [-0.05, 0) is 18.9 Å². The van der Waals surface area contributed by atoms with E-state index in [9.17, 15) is 18.0 Å². The number of halogens is 3. The van der Waals surface area contributed by atoms with E-state index in [4.69, 9.17) is 9.47 Å². The Bertz CT molecular complexity index is 570. The van der Waals surface area contributed by atoms with Gasteiger partial charge in [0.15, 0.2) is 0 Å². The van der Waals surface area contributed by atoms with Gasteiger partial charge >= 0.3 is 6.18 Å². The molecule has 1 aromatic carbocycles. The van der Waals surface area contributed by atoms with E-state index in [1.165, 1.54) is 0 Å². The van der Waals surface area contributed by atoms with Gasteiger partial charge in [-0.2, -0.15) is 13.2 Å². The number of amides is 1. The summed E-state index contributed by atoms with van der Waals surface area (Å²) in [4.78, 5) is 13.7. The Morgan fingerprint density at radius 2 is 2.04 bits per heavy atom. The molecule has 2 heterocycles. The first-order chi connectivity index (χ1) is 11.0. The van der Waals surface area contributed by atoms with Crippen LogP contribution in [0.5, 0.6) is 5.75 Å². The summed E-state index contributed by atoms with van der Waals surface area (Å²) in [6.07, 6.45) is -3.26. The summed E-state index contributed by atoms with van der Waals surface area (Å²) < 4.78 is 49.5. The molecule has 1 fully saturated rings. The van der Waals surface area contributed by atoms with E-state index in [0.717, 1.165) is 4.90 Å². The number of fused-ring (bicyclic) bond motifs is 1. The van der Waals surface area contributed by atoms with Crippen molar-refractivity contribution in [3.05, 3.63) is 29.8 Å². The Hall–Kier alpha value is -1.76. The predicted molar refractivity (Wildman–Crippen MR) is 76.3 cm³/mol. The number of alkyl halides is 3. The highest BCUT2D eigenvalue weighted by Crippen LogP contribution is 2.36. The maximum absolute atomic E-state index is 12.9. The fourth-order valence-corrected chi connectivity index (χ4v) is 3.12. The van der Waals surface area contributed by atoms with Crippen molar-refractivity contribution in [3.63, 3.8) is 0 Å². The van der Waals surface area contributed by atoms with Crippen molar-refractivity contribution < 1.29 is 27.4 Å². The summed E-state index contributed by atoms with van der Waals surface area (Å²) in [5.41, 5.74) is 0.654. The lowest BCUT2D eigenvalue weighted by Gasteiger charge is -2.36. The Kier molecular flexibility index (Phi) is 4.48. The molecule has 1 aromatic rings.